The van der Waals surface area contributed by atoms with E-state index in [4.69, 9.17) is 9.47 Å². The second kappa shape index (κ2) is 12.0. The van der Waals surface area contributed by atoms with Crippen molar-refractivity contribution in [2.45, 2.75) is 57.3 Å². The normalized spacial score (nSPS) is 13.1. The maximum absolute atomic E-state index is 12.8. The number of amides is 1. The number of nitrogens with zero attached hydrogens (tertiary/aromatic N) is 3. The Bertz CT molecular complexity index is 1190. The van der Waals surface area contributed by atoms with Crippen LogP contribution in [-0.4, -0.2) is 39.5 Å². The van der Waals surface area contributed by atoms with Crippen LogP contribution in [0.15, 0.2) is 33.9 Å². The first kappa shape index (κ1) is 25.7. The molecule has 3 aromatic rings. The quantitative estimate of drug-likeness (QED) is 0.204. The van der Waals surface area contributed by atoms with Crippen LogP contribution >= 0.6 is 39.0 Å². The zero-order chi connectivity index (χ0) is 24.8. The highest BCUT2D eigenvalue weighted by Crippen LogP contribution is 2.38. The van der Waals surface area contributed by atoms with E-state index >= 15 is 0 Å². The van der Waals surface area contributed by atoms with Crippen LogP contribution in [0.4, 0.5) is 5.00 Å². The number of thioether (sulfide) groups is 1. The zero-order valence-corrected chi connectivity index (χ0v) is 22.9. The van der Waals surface area contributed by atoms with Gasteiger partial charge in [0.2, 0.25) is 5.91 Å². The monoisotopic (exact) mass is 578 g/mol. The molecule has 0 fully saturated rings. The lowest BCUT2D eigenvalue weighted by Gasteiger charge is -2.09. The second-order valence-electron chi connectivity index (χ2n) is 7.98. The van der Waals surface area contributed by atoms with Gasteiger partial charge in [-0.05, 0) is 62.4 Å². The third kappa shape index (κ3) is 6.25. The number of carbonyl (C=O) groups excluding carboxylic acids is 2. The van der Waals surface area contributed by atoms with Gasteiger partial charge >= 0.3 is 5.97 Å². The fraction of sp³-hybridized carbons (Fsp3) is 0.417. The average molecular weight is 580 g/mol. The average Bonchev–Trinajstić information content (AvgIpc) is 3.33. The number of aromatic nitrogens is 3. The Labute approximate surface area is 220 Å². The van der Waals surface area contributed by atoms with E-state index in [1.807, 2.05) is 35.8 Å². The van der Waals surface area contributed by atoms with Gasteiger partial charge in [-0.1, -0.05) is 34.1 Å². The number of esters is 1. The zero-order valence-electron chi connectivity index (χ0n) is 19.6. The number of methoxy groups -OCH3 is 1. The van der Waals surface area contributed by atoms with E-state index in [0.29, 0.717) is 28.1 Å². The van der Waals surface area contributed by atoms with E-state index in [1.54, 1.807) is 0 Å². The van der Waals surface area contributed by atoms with Gasteiger partial charge in [0.1, 0.15) is 17.4 Å². The van der Waals surface area contributed by atoms with Gasteiger partial charge in [0.15, 0.2) is 11.0 Å². The molecule has 1 N–H and O–H groups in total. The summed E-state index contributed by atoms with van der Waals surface area (Å²) < 4.78 is 13.8. The lowest BCUT2D eigenvalue weighted by molar-refractivity contribution is -0.113. The molecule has 2 aromatic heterocycles. The molecule has 0 saturated heterocycles. The predicted octanol–water partition coefficient (Wildman–Crippen LogP) is 5.49. The Morgan fingerprint density at radius 1 is 1.17 bits per heavy atom. The number of thiophene rings is 1. The summed E-state index contributed by atoms with van der Waals surface area (Å²) in [6.07, 6.45) is 5.05. The summed E-state index contributed by atoms with van der Waals surface area (Å²) in [6, 6.07) is 7.58. The summed E-state index contributed by atoms with van der Waals surface area (Å²) >= 11 is 6.21. The molecule has 0 saturated carbocycles. The van der Waals surface area contributed by atoms with E-state index in [9.17, 15) is 9.59 Å². The van der Waals surface area contributed by atoms with E-state index < -0.39 is 5.97 Å². The van der Waals surface area contributed by atoms with Crippen molar-refractivity contribution in [3.05, 3.63) is 50.6 Å². The van der Waals surface area contributed by atoms with E-state index in [0.717, 1.165) is 47.9 Å². The topological polar surface area (TPSA) is 95.3 Å². The summed E-state index contributed by atoms with van der Waals surface area (Å²) in [5.74, 6) is 0.981. The first-order chi connectivity index (χ1) is 17.0. The van der Waals surface area contributed by atoms with Crippen molar-refractivity contribution in [3.63, 3.8) is 0 Å². The van der Waals surface area contributed by atoms with Crippen LogP contribution in [0.3, 0.4) is 0 Å². The minimum Gasteiger partial charge on any atom is -0.486 e. The number of rotatable bonds is 9. The van der Waals surface area contributed by atoms with Crippen LogP contribution < -0.4 is 10.1 Å². The molecule has 1 aromatic carbocycles. The highest BCUT2D eigenvalue weighted by Gasteiger charge is 2.26. The molecule has 0 unspecified atom stereocenters. The predicted molar refractivity (Wildman–Crippen MR) is 140 cm³/mol. The lowest BCUT2D eigenvalue weighted by atomic mass is 10.1. The molecule has 1 aliphatic rings. The standard InChI is InChI=1S/C24H27BrN4O4S2/c1-3-29-19(13-33-16-11-9-15(25)10-12-16)27-28-24(29)34-14-20(30)26-22-21(23(31)32-2)17-7-5-4-6-8-18(17)35-22/h9-12H,3-8,13-14H2,1-2H3,(H,26,30). The Kier molecular flexibility index (Phi) is 8.85. The lowest BCUT2D eigenvalue weighted by Crippen LogP contribution is -2.17. The van der Waals surface area contributed by atoms with Gasteiger partial charge in [0.25, 0.3) is 0 Å². The summed E-state index contributed by atoms with van der Waals surface area (Å²) in [6.45, 7) is 2.93. The van der Waals surface area contributed by atoms with Crippen molar-refractivity contribution in [3.8, 4) is 5.75 Å². The van der Waals surface area contributed by atoms with Gasteiger partial charge in [-0.25, -0.2) is 4.79 Å². The first-order valence-corrected chi connectivity index (χ1v) is 14.1. The number of halogens is 1. The van der Waals surface area contributed by atoms with E-state index in [1.165, 1.54) is 35.1 Å². The van der Waals surface area contributed by atoms with Gasteiger partial charge < -0.3 is 19.4 Å². The third-order valence-corrected chi connectivity index (χ3v) is 8.39. The number of ether oxygens (including phenoxy) is 2. The Morgan fingerprint density at radius 2 is 1.94 bits per heavy atom. The van der Waals surface area contributed by atoms with Crippen LogP contribution in [0.1, 0.15) is 52.8 Å². The van der Waals surface area contributed by atoms with Gasteiger partial charge in [0, 0.05) is 15.9 Å². The molecule has 4 rings (SSSR count). The van der Waals surface area contributed by atoms with Crippen LogP contribution in [0, 0.1) is 0 Å². The van der Waals surface area contributed by atoms with Crippen molar-refractivity contribution >= 4 is 55.9 Å². The highest BCUT2D eigenvalue weighted by molar-refractivity contribution is 9.10. The summed E-state index contributed by atoms with van der Waals surface area (Å²) in [5.41, 5.74) is 1.54. The van der Waals surface area contributed by atoms with Crippen LogP contribution in [0.25, 0.3) is 0 Å². The van der Waals surface area contributed by atoms with Crippen molar-refractivity contribution in [2.75, 3.05) is 18.2 Å². The van der Waals surface area contributed by atoms with Crippen molar-refractivity contribution in [2.24, 2.45) is 0 Å². The number of nitrogens with one attached hydrogen (secondary N) is 1. The third-order valence-electron chi connectivity index (χ3n) is 5.69. The Balaban J connectivity index is 1.40. The number of fused-ring (bicyclic) bond motifs is 1. The fourth-order valence-corrected chi connectivity index (χ4v) is 6.35. The molecule has 0 radical (unpaired) electrons. The number of aryl methyl sites for hydroxylation is 1. The number of anilines is 1. The number of hydrogen-bond donors (Lipinski definition) is 1. The molecule has 1 aliphatic carbocycles. The van der Waals surface area contributed by atoms with E-state index in [2.05, 4.69) is 31.4 Å². The largest absolute Gasteiger partial charge is 0.486 e. The van der Waals surface area contributed by atoms with Crippen molar-refractivity contribution in [1.82, 2.24) is 14.8 Å². The van der Waals surface area contributed by atoms with Crippen LogP contribution in [0.5, 0.6) is 5.75 Å². The molecular formula is C24H27BrN4O4S2. The SMILES string of the molecule is CCn1c(COc2ccc(Br)cc2)nnc1SCC(=O)Nc1sc2c(c1C(=O)OC)CCCCC2. The molecule has 8 nitrogen and oxygen atoms in total. The summed E-state index contributed by atoms with van der Waals surface area (Å²) in [4.78, 5) is 26.5. The minimum atomic E-state index is -0.395. The Hall–Kier alpha value is -2.37. The van der Waals surface area contributed by atoms with E-state index in [-0.39, 0.29) is 18.3 Å². The Morgan fingerprint density at radius 3 is 2.69 bits per heavy atom. The number of hydrogen-bond acceptors (Lipinski definition) is 8. The molecule has 1 amide bonds. The number of carbonyl (C=O) groups is 2. The maximum Gasteiger partial charge on any atom is 0.341 e. The van der Waals surface area contributed by atoms with Gasteiger partial charge in [-0.15, -0.1) is 21.5 Å². The first-order valence-electron chi connectivity index (χ1n) is 11.5. The molecule has 186 valence electrons. The van der Waals surface area contributed by atoms with Crippen LogP contribution in [0.2, 0.25) is 0 Å². The second-order valence-corrected chi connectivity index (χ2v) is 10.9. The van der Waals surface area contributed by atoms with Crippen LogP contribution in [-0.2, 0) is 35.5 Å². The molecular weight excluding hydrogens is 552 g/mol. The minimum absolute atomic E-state index is 0.148. The van der Waals surface area contributed by atoms with Gasteiger partial charge in [-0.2, -0.15) is 0 Å². The maximum atomic E-state index is 12.8. The van der Waals surface area contributed by atoms with Gasteiger partial charge in [0.05, 0.1) is 18.4 Å². The summed E-state index contributed by atoms with van der Waals surface area (Å²) in [7, 11) is 1.38. The van der Waals surface area contributed by atoms with Crippen molar-refractivity contribution in [1.29, 1.82) is 0 Å². The summed E-state index contributed by atoms with van der Waals surface area (Å²) in [5, 5.41) is 12.7. The van der Waals surface area contributed by atoms with Crippen molar-refractivity contribution < 1.29 is 19.1 Å². The molecule has 11 heteroatoms. The molecule has 0 atom stereocenters. The molecule has 0 aliphatic heterocycles. The molecule has 0 spiro atoms. The smallest absolute Gasteiger partial charge is 0.341 e. The molecule has 35 heavy (non-hydrogen) atoms. The van der Waals surface area contributed by atoms with Gasteiger partial charge in [-0.3, -0.25) is 4.79 Å². The number of benzene rings is 1. The highest BCUT2D eigenvalue weighted by atomic mass is 79.9. The fourth-order valence-electron chi connectivity index (χ4n) is 3.97. The molecule has 0 bridgehead atoms. The molecule has 2 heterocycles.